The Hall–Kier alpha value is -1.20. The second-order valence-corrected chi connectivity index (χ2v) is 6.96. The average Bonchev–Trinajstić information content (AvgIpc) is 2.59. The molecular formula is C18H29N3OS. The normalized spacial score (nSPS) is 22.0. The third-order valence-electron chi connectivity index (χ3n) is 4.20. The molecule has 1 heterocycles. The highest BCUT2D eigenvalue weighted by Crippen LogP contribution is 2.33. The first-order chi connectivity index (χ1) is 11.2. The summed E-state index contributed by atoms with van der Waals surface area (Å²) >= 11 is 1.83. The van der Waals surface area contributed by atoms with E-state index >= 15 is 0 Å². The minimum Gasteiger partial charge on any atom is -0.373 e. The van der Waals surface area contributed by atoms with E-state index in [1.165, 1.54) is 17.5 Å². The quantitative estimate of drug-likeness (QED) is 0.477. The molecule has 2 atom stereocenters. The zero-order valence-electron chi connectivity index (χ0n) is 14.5. The van der Waals surface area contributed by atoms with Crippen molar-refractivity contribution >= 4 is 17.7 Å². The van der Waals surface area contributed by atoms with E-state index in [0.717, 1.165) is 37.8 Å². The van der Waals surface area contributed by atoms with E-state index in [4.69, 9.17) is 4.74 Å². The summed E-state index contributed by atoms with van der Waals surface area (Å²) in [7, 11) is 1.82. The highest BCUT2D eigenvalue weighted by Gasteiger charge is 2.27. The van der Waals surface area contributed by atoms with Gasteiger partial charge >= 0.3 is 0 Å². The first kappa shape index (κ1) is 18.1. The predicted octanol–water partition coefficient (Wildman–Crippen LogP) is 2.99. The number of nitrogens with zero attached hydrogens (tertiary/aromatic N) is 1. The van der Waals surface area contributed by atoms with Crippen LogP contribution in [-0.4, -0.2) is 44.7 Å². The standard InChI is InChI=1S/C18H29N3OS/c1-14-6-8-15(9-7-14)17-16(5-4-11-22-17)13-21-18(19-2)20-10-12-23-3/h6-9,16-17H,4-5,10-13H2,1-3H3,(H2,19,20,21). The van der Waals surface area contributed by atoms with E-state index in [9.17, 15) is 0 Å². The van der Waals surface area contributed by atoms with Crippen LogP contribution >= 0.6 is 11.8 Å². The molecule has 1 aliphatic rings. The Labute approximate surface area is 144 Å². The molecule has 0 bridgehead atoms. The van der Waals surface area contributed by atoms with E-state index in [-0.39, 0.29) is 6.10 Å². The van der Waals surface area contributed by atoms with E-state index in [2.05, 4.69) is 53.1 Å². The Kier molecular flexibility index (Phi) is 7.76. The van der Waals surface area contributed by atoms with E-state index < -0.39 is 0 Å². The fourth-order valence-corrected chi connectivity index (χ4v) is 3.20. The second kappa shape index (κ2) is 9.83. The molecule has 23 heavy (non-hydrogen) atoms. The highest BCUT2D eigenvalue weighted by molar-refractivity contribution is 7.98. The summed E-state index contributed by atoms with van der Waals surface area (Å²) < 4.78 is 6.08. The molecule has 0 saturated carbocycles. The maximum Gasteiger partial charge on any atom is 0.191 e. The van der Waals surface area contributed by atoms with Crippen LogP contribution in [-0.2, 0) is 4.74 Å². The summed E-state index contributed by atoms with van der Waals surface area (Å²) in [6.45, 7) is 4.80. The summed E-state index contributed by atoms with van der Waals surface area (Å²) in [4.78, 5) is 4.30. The molecule has 5 heteroatoms. The first-order valence-corrected chi connectivity index (χ1v) is 9.75. The molecular weight excluding hydrogens is 306 g/mol. The molecule has 0 radical (unpaired) electrons. The largest absolute Gasteiger partial charge is 0.373 e. The van der Waals surface area contributed by atoms with Crippen LogP contribution in [0.4, 0.5) is 0 Å². The lowest BCUT2D eigenvalue weighted by Gasteiger charge is -2.32. The summed E-state index contributed by atoms with van der Waals surface area (Å²) in [5.41, 5.74) is 2.57. The van der Waals surface area contributed by atoms with Gasteiger partial charge in [-0.3, -0.25) is 4.99 Å². The lowest BCUT2D eigenvalue weighted by molar-refractivity contribution is -0.0265. The number of hydrogen-bond acceptors (Lipinski definition) is 3. The average molecular weight is 336 g/mol. The van der Waals surface area contributed by atoms with E-state index in [1.807, 2.05) is 18.8 Å². The van der Waals surface area contributed by atoms with Crippen molar-refractivity contribution in [3.63, 3.8) is 0 Å². The summed E-state index contributed by atoms with van der Waals surface area (Å²) in [6.07, 6.45) is 4.62. The highest BCUT2D eigenvalue weighted by atomic mass is 32.2. The van der Waals surface area contributed by atoms with Gasteiger partial charge in [-0.15, -0.1) is 0 Å². The van der Waals surface area contributed by atoms with Gasteiger partial charge in [-0.2, -0.15) is 11.8 Å². The molecule has 4 nitrogen and oxygen atoms in total. The van der Waals surface area contributed by atoms with Crippen LogP contribution in [0, 0.1) is 12.8 Å². The molecule has 2 N–H and O–H groups in total. The number of thioether (sulfide) groups is 1. The van der Waals surface area contributed by atoms with Crippen molar-refractivity contribution in [1.82, 2.24) is 10.6 Å². The lowest BCUT2D eigenvalue weighted by atomic mass is 9.89. The fraction of sp³-hybridized carbons (Fsp3) is 0.611. The number of rotatable bonds is 6. The third-order valence-corrected chi connectivity index (χ3v) is 4.82. The van der Waals surface area contributed by atoms with Gasteiger partial charge in [0, 0.05) is 38.4 Å². The molecule has 0 spiro atoms. The van der Waals surface area contributed by atoms with Gasteiger partial charge in [0.15, 0.2) is 5.96 Å². The second-order valence-electron chi connectivity index (χ2n) is 5.98. The SMILES string of the molecule is CN=C(NCCSC)NCC1CCCOC1c1ccc(C)cc1. The minimum absolute atomic E-state index is 0.182. The maximum absolute atomic E-state index is 6.08. The van der Waals surface area contributed by atoms with E-state index in [0.29, 0.717) is 5.92 Å². The van der Waals surface area contributed by atoms with E-state index in [1.54, 1.807) is 0 Å². The number of nitrogens with one attached hydrogen (secondary N) is 2. The van der Waals surface area contributed by atoms with Crippen molar-refractivity contribution in [1.29, 1.82) is 0 Å². The summed E-state index contributed by atoms with van der Waals surface area (Å²) in [5, 5.41) is 6.81. The number of hydrogen-bond donors (Lipinski definition) is 2. The van der Waals surface area contributed by atoms with Gasteiger partial charge in [0.25, 0.3) is 0 Å². The predicted molar refractivity (Wildman–Crippen MR) is 100 cm³/mol. The van der Waals surface area contributed by atoms with Crippen molar-refractivity contribution in [2.45, 2.75) is 25.9 Å². The maximum atomic E-state index is 6.08. The molecule has 0 aliphatic carbocycles. The van der Waals surface area contributed by atoms with Gasteiger partial charge in [0.2, 0.25) is 0 Å². The van der Waals surface area contributed by atoms with Crippen molar-refractivity contribution in [3.05, 3.63) is 35.4 Å². The molecule has 2 unspecified atom stereocenters. The number of aliphatic imine (C=N–C) groups is 1. The van der Waals surface area contributed by atoms with Gasteiger partial charge in [0.05, 0.1) is 6.10 Å². The van der Waals surface area contributed by atoms with Gasteiger partial charge in [-0.25, -0.2) is 0 Å². The number of benzene rings is 1. The molecule has 1 aromatic rings. The van der Waals surface area contributed by atoms with Crippen LogP contribution in [0.15, 0.2) is 29.3 Å². The molecule has 128 valence electrons. The third kappa shape index (κ3) is 5.74. The van der Waals surface area contributed by atoms with Gasteiger partial charge in [-0.05, 0) is 31.6 Å². The molecule has 2 rings (SSSR count). The Morgan fingerprint density at radius 3 is 2.78 bits per heavy atom. The zero-order chi connectivity index (χ0) is 16.5. The summed E-state index contributed by atoms with van der Waals surface area (Å²) in [5.74, 6) is 2.44. The number of guanidine groups is 1. The van der Waals surface area contributed by atoms with Gasteiger partial charge < -0.3 is 15.4 Å². The number of ether oxygens (including phenoxy) is 1. The van der Waals surface area contributed by atoms with Crippen molar-refractivity contribution < 1.29 is 4.74 Å². The Morgan fingerprint density at radius 1 is 1.30 bits per heavy atom. The van der Waals surface area contributed by atoms with Crippen LogP contribution in [0.3, 0.4) is 0 Å². The fourth-order valence-electron chi connectivity index (χ4n) is 2.90. The molecule has 1 fully saturated rings. The van der Waals surface area contributed by atoms with Crippen LogP contribution in [0.5, 0.6) is 0 Å². The Bertz CT molecular complexity index is 490. The summed E-state index contributed by atoms with van der Waals surface area (Å²) in [6, 6.07) is 8.73. The molecule has 1 saturated heterocycles. The smallest absolute Gasteiger partial charge is 0.191 e. The minimum atomic E-state index is 0.182. The molecule has 0 amide bonds. The topological polar surface area (TPSA) is 45.7 Å². The van der Waals surface area contributed by atoms with Gasteiger partial charge in [-0.1, -0.05) is 29.8 Å². The molecule has 1 aromatic carbocycles. The Balaban J connectivity index is 1.92. The van der Waals surface area contributed by atoms with Gasteiger partial charge in [0.1, 0.15) is 0 Å². The van der Waals surface area contributed by atoms with Crippen molar-refractivity contribution in [3.8, 4) is 0 Å². The van der Waals surface area contributed by atoms with Crippen molar-refractivity contribution in [2.24, 2.45) is 10.9 Å². The first-order valence-electron chi connectivity index (χ1n) is 8.36. The lowest BCUT2D eigenvalue weighted by Crippen LogP contribution is -2.42. The molecule has 0 aromatic heterocycles. The van der Waals surface area contributed by atoms with Crippen LogP contribution < -0.4 is 10.6 Å². The monoisotopic (exact) mass is 335 g/mol. The Morgan fingerprint density at radius 2 is 2.09 bits per heavy atom. The van der Waals surface area contributed by atoms with Crippen LogP contribution in [0.2, 0.25) is 0 Å². The van der Waals surface area contributed by atoms with Crippen LogP contribution in [0.1, 0.15) is 30.1 Å². The van der Waals surface area contributed by atoms with Crippen molar-refractivity contribution in [2.75, 3.05) is 38.8 Å². The molecule has 1 aliphatic heterocycles. The van der Waals surface area contributed by atoms with Crippen LogP contribution in [0.25, 0.3) is 0 Å². The zero-order valence-corrected chi connectivity index (χ0v) is 15.3. The number of aryl methyl sites for hydroxylation is 1.